The molecule has 0 unspecified atom stereocenters. The average Bonchev–Trinajstić information content (AvgIpc) is 1.40. The summed E-state index contributed by atoms with van der Waals surface area (Å²) in [7, 11) is 0. The zero-order chi connectivity index (χ0) is 81.4. The summed E-state index contributed by atoms with van der Waals surface area (Å²) in [6.07, 6.45) is 102. The van der Waals surface area contributed by atoms with E-state index in [1.807, 2.05) is 98.2 Å². The van der Waals surface area contributed by atoms with E-state index in [0.717, 1.165) is 19.3 Å². The van der Waals surface area contributed by atoms with Crippen LogP contribution in [0.4, 0.5) is 0 Å². The summed E-state index contributed by atoms with van der Waals surface area (Å²) >= 11 is 10.9. The van der Waals surface area contributed by atoms with E-state index >= 15 is 0 Å². The molecule has 0 atom stereocenters. The molecule has 0 heterocycles. The Balaban J connectivity index is -0.0000000565. The van der Waals surface area contributed by atoms with E-state index in [0.29, 0.717) is 12.0 Å². The fourth-order valence-electron chi connectivity index (χ4n) is 12.9. The molecule has 0 amide bonds. The Morgan fingerprint density at radius 1 is 0.210 bits per heavy atom. The third-order valence-electron chi connectivity index (χ3n) is 23.1. The summed E-state index contributed by atoms with van der Waals surface area (Å²) in [6.45, 7) is 39.1. The molecule has 0 saturated heterocycles. The van der Waals surface area contributed by atoms with Gasteiger partial charge in [0, 0.05) is 0 Å². The summed E-state index contributed by atoms with van der Waals surface area (Å²) in [5.74, 6) is 0.648. The van der Waals surface area contributed by atoms with Crippen molar-refractivity contribution in [1.29, 1.82) is 0 Å². The maximum atomic E-state index is 4.27. The maximum absolute atomic E-state index is 4.27. The van der Waals surface area contributed by atoms with Crippen molar-refractivity contribution in [3.63, 3.8) is 0 Å². The molecule has 12 saturated carbocycles. The molecule has 6 nitrogen and oxygen atoms in total. The van der Waals surface area contributed by atoms with Gasteiger partial charge in [-0.05, 0) is 0 Å². The molecule has 12 aliphatic carbocycles. The van der Waals surface area contributed by atoms with Gasteiger partial charge in [0.2, 0.25) is 0 Å². The van der Waals surface area contributed by atoms with E-state index in [1.54, 1.807) is 19.6 Å². The summed E-state index contributed by atoms with van der Waals surface area (Å²) in [6, 6.07) is 0.616. The number of hydrogen-bond acceptors (Lipinski definition) is 6. The second-order valence-electron chi connectivity index (χ2n) is 35.9. The largest absolute Gasteiger partial charge is 0.358 e. The van der Waals surface area contributed by atoms with E-state index in [1.165, 1.54) is 430 Å². The van der Waals surface area contributed by atoms with Crippen molar-refractivity contribution in [2.24, 2.45) is 26.9 Å². The molecule has 0 aromatic carbocycles. The number of unbranched alkanes of at least 4 members (excludes halogenated alkanes) is 1. The minimum atomic E-state index is 0. The van der Waals surface area contributed by atoms with Gasteiger partial charge in [-0.25, -0.2) is 0 Å². The minimum Gasteiger partial charge on any atom is -0.358 e. The van der Waals surface area contributed by atoms with Crippen LogP contribution < -0.4 is 0 Å². The van der Waals surface area contributed by atoms with Gasteiger partial charge in [-0.1, -0.05) is 385 Å². The van der Waals surface area contributed by atoms with E-state index in [-0.39, 0.29) is 117 Å². The molecule has 12 aliphatic rings. The first-order chi connectivity index (χ1) is 51.4. The number of hydrogen-bond donors (Lipinski definition) is 0. The van der Waals surface area contributed by atoms with E-state index < -0.39 is 0 Å². The monoisotopic (exact) mass is 2190 g/mol. The van der Waals surface area contributed by atoms with Gasteiger partial charge in [0.25, 0.3) is 0 Å². The van der Waals surface area contributed by atoms with Crippen LogP contribution in [0.15, 0.2) is 21.0 Å². The van der Waals surface area contributed by atoms with Gasteiger partial charge in [0.15, 0.2) is 0 Å². The Labute approximate surface area is 833 Å². The van der Waals surface area contributed by atoms with Crippen molar-refractivity contribution in [2.45, 2.75) is 608 Å². The molecule has 0 radical (unpaired) electrons. The van der Waals surface area contributed by atoms with Crippen molar-refractivity contribution in [1.82, 2.24) is 0 Å². The Morgan fingerprint density at radius 3 is 0.412 bits per heavy atom. The summed E-state index contributed by atoms with van der Waals surface area (Å²) in [5.41, 5.74) is 1.08. The van der Waals surface area contributed by atoms with Crippen LogP contribution in [-0.2, 0) is 118 Å². The minimum absolute atomic E-state index is 0. The normalized spacial score (nSPS) is 16.5. The maximum Gasteiger partial charge on any atom is -0.358 e. The molecular weight excluding hydrogens is 1940 g/mol. The summed E-state index contributed by atoms with van der Waals surface area (Å²) in [5, 5.41) is 0. The molecule has 0 aromatic rings. The van der Waals surface area contributed by atoms with Crippen molar-refractivity contribution >= 4 is 0 Å². The van der Waals surface area contributed by atoms with Gasteiger partial charge < -0.3 is 89.1 Å². The molecule has 0 bridgehead atoms. The molecule has 0 aliphatic heterocycles. The molecule has 12 fully saturated rings. The smallest absolute Gasteiger partial charge is 0.358 e. The van der Waals surface area contributed by atoms with Crippen molar-refractivity contribution < 1.29 is 118 Å². The average molecular weight is 2180 g/mol. The van der Waals surface area contributed by atoms with E-state index in [2.05, 4.69) is 146 Å². The first-order valence-electron chi connectivity index (χ1n) is 47.4. The van der Waals surface area contributed by atoms with Gasteiger partial charge in [0.05, 0.1) is 0 Å². The van der Waals surface area contributed by atoms with Crippen molar-refractivity contribution in [3.05, 3.63) is 89.1 Å². The first kappa shape index (κ1) is 165. The van der Waals surface area contributed by atoms with E-state index in [9.17, 15) is 0 Å². The van der Waals surface area contributed by atoms with E-state index in [4.69, 9.17) is 0 Å². The summed E-state index contributed by atoms with van der Waals surface area (Å²) < 4.78 is 25.3. The van der Waals surface area contributed by atoms with Gasteiger partial charge in [-0.2, -0.15) is 0 Å². The fourth-order valence-corrected chi connectivity index (χ4v) is 15.6. The van der Waals surface area contributed by atoms with Crippen LogP contribution in [0.1, 0.15) is 574 Å². The van der Waals surface area contributed by atoms with Crippen LogP contribution in [0.3, 0.4) is 0 Å². The standard InChI is InChI=1S/C7H15N.3C6H13N.2C5H11N.12C5H10.12CH3.6Mo/c1-4-5-6-7(2,3)8;1-5(2)6(3,4)7;1-4-5-6(2,3)7;1-4-6(3,7)5-2;1-4-5(2,3)6;1-3-5(6)4-2;12*1-2-4-5-3-1;;;;;;;;;;;;;;;;;;/h4-6H2,1-3H3;5H,1-4H3;2*4-5H2,1-3H3;4H2,1-3H3;5H,3-4H2,1-2H3;12*1-5H2;12*1H3;;;;;;/q;;;;;;;;;;;;;;;;;;12*-1;;;;;;. The van der Waals surface area contributed by atoms with Gasteiger partial charge in [-0.3, -0.25) is 0 Å². The van der Waals surface area contributed by atoms with Gasteiger partial charge >= 0.3 is 367 Å². The third-order valence-corrected chi connectivity index (χ3v) is 29.7. The molecule has 12 heteroatoms. The fraction of sp³-hybridized carbons (Fsp3) is 0.888. The van der Waals surface area contributed by atoms with Gasteiger partial charge in [0.1, 0.15) is 0 Å². The molecule has 0 aromatic heterocycles. The zero-order valence-electron chi connectivity index (χ0n) is 88.3. The van der Waals surface area contributed by atoms with Crippen molar-refractivity contribution in [2.75, 3.05) is 0 Å². The quantitative estimate of drug-likeness (QED) is 0.103. The molecule has 738 valence electrons. The Bertz CT molecular complexity index is 1390. The van der Waals surface area contributed by atoms with Crippen molar-refractivity contribution in [3.8, 4) is 0 Å². The Morgan fingerprint density at radius 2 is 0.370 bits per heavy atom. The first-order valence-corrected chi connectivity index (χ1v) is 52.8. The summed E-state index contributed by atoms with van der Waals surface area (Å²) in [4.78, 5) is 0. The van der Waals surface area contributed by atoms with Crippen LogP contribution in [0, 0.1) is 95.0 Å². The van der Waals surface area contributed by atoms with Crippen LogP contribution in [0.5, 0.6) is 0 Å². The number of nitrogens with zero attached hydrogens (tertiary/aromatic N) is 6. The molecule has 119 heavy (non-hydrogen) atoms. The van der Waals surface area contributed by atoms with Crippen LogP contribution >= 0.6 is 0 Å². The van der Waals surface area contributed by atoms with Crippen LogP contribution in [-0.4, -0.2) is 33.7 Å². The second kappa shape index (κ2) is 132. The molecular formula is C107H232Mo6N6-12. The van der Waals surface area contributed by atoms with Crippen LogP contribution in [0.25, 0.3) is 0 Å². The number of rotatable bonds is 17. The Kier molecular flexibility index (Phi) is 183. The predicted octanol–water partition coefficient (Wildman–Crippen LogP) is 42.0. The third kappa shape index (κ3) is 147. The topological polar surface area (TPSA) is 74.2 Å². The van der Waals surface area contributed by atoms with Gasteiger partial charge in [-0.15, -0.1) is 0 Å². The predicted molar refractivity (Wildman–Crippen MR) is 538 cm³/mol. The molecule has 0 spiro atoms. The SMILES string of the molecule is C1CCCC1.C1CCCC1.C1CCCC1.C1CCCC1.C1CCCC1.C1CCCC1.C1CCCC1.C1CCCC1.C1CCCC1.C1CCCC1.C1CCCC1.C1CCCC1.CC(C)C(C)(C)[N]=[Mo].CCC(C)(C)[N]=[Mo].CCC(C)(CC)[N]=[Mo].CCC(CC)[N]=[Mo].CCCC(C)(C)[N]=[Mo].CCCCC(C)(C)[N]=[Mo].[CH3-].[CH3-].[CH3-].[CH3-].[CH3-].[CH3-].[CH3-].[CH3-].[CH3-].[CH3-].[CH3-].[CH3-]. The Hall–Kier alpha value is 2.93. The zero-order valence-corrected chi connectivity index (χ0v) is 100. The molecule has 12 rings (SSSR count). The second-order valence-corrected chi connectivity index (χ2v) is 38.7. The van der Waals surface area contributed by atoms with Crippen LogP contribution in [0.2, 0.25) is 0 Å². The molecule has 0 N–H and O–H groups in total.